The molecule has 1 aromatic rings. The van der Waals surface area contributed by atoms with E-state index >= 15 is 0 Å². The third kappa shape index (κ3) is 4.30. The molecule has 20 heavy (non-hydrogen) atoms. The van der Waals surface area contributed by atoms with Crippen molar-refractivity contribution in [2.24, 2.45) is 0 Å². The number of carboxylic acids is 1. The molecular weight excluding hydrogens is 262 g/mol. The van der Waals surface area contributed by atoms with Crippen LogP contribution in [-0.4, -0.2) is 63.1 Å². The van der Waals surface area contributed by atoms with Crippen LogP contribution in [0.5, 0.6) is 0 Å². The van der Waals surface area contributed by atoms with Crippen molar-refractivity contribution in [2.75, 3.05) is 26.2 Å². The number of aromatic carboxylic acids is 1. The Morgan fingerprint density at radius 2 is 2.05 bits per heavy atom. The summed E-state index contributed by atoms with van der Waals surface area (Å²) in [5, 5.41) is 18.5. The Labute approximate surface area is 116 Å². The van der Waals surface area contributed by atoms with Crippen molar-refractivity contribution in [3.8, 4) is 0 Å². The van der Waals surface area contributed by atoms with Crippen molar-refractivity contribution in [2.45, 2.75) is 25.8 Å². The molecule has 110 valence electrons. The molecule has 1 aliphatic rings. The normalized spacial score (nSPS) is 16.0. The molecule has 2 N–H and O–H groups in total. The highest BCUT2D eigenvalue weighted by Gasteiger charge is 2.12. The summed E-state index contributed by atoms with van der Waals surface area (Å²) in [6.07, 6.45) is 4.99. The van der Waals surface area contributed by atoms with Crippen molar-refractivity contribution >= 4 is 11.9 Å². The third-order valence-electron chi connectivity index (χ3n) is 3.26. The third-order valence-corrected chi connectivity index (χ3v) is 3.26. The van der Waals surface area contributed by atoms with Gasteiger partial charge in [-0.3, -0.25) is 4.79 Å². The van der Waals surface area contributed by atoms with Crippen molar-refractivity contribution in [3.63, 3.8) is 0 Å². The number of amides is 1. The first-order valence-electron chi connectivity index (χ1n) is 6.77. The highest BCUT2D eigenvalue weighted by molar-refractivity contribution is 5.84. The van der Waals surface area contributed by atoms with Gasteiger partial charge in [0, 0.05) is 13.1 Å². The van der Waals surface area contributed by atoms with Crippen molar-refractivity contribution in [1.82, 2.24) is 25.2 Å². The summed E-state index contributed by atoms with van der Waals surface area (Å²) in [5.74, 6) is -1.34. The van der Waals surface area contributed by atoms with Crippen molar-refractivity contribution < 1.29 is 14.7 Å². The Kier molecular flexibility index (Phi) is 5.05. The molecule has 0 bridgehead atoms. The van der Waals surface area contributed by atoms with E-state index in [0.29, 0.717) is 6.54 Å². The Balaban J connectivity index is 1.67. The minimum absolute atomic E-state index is 0.0136. The number of carbonyl (C=O) groups is 2. The number of likely N-dealkylation sites (tertiary alicyclic amines) is 1. The molecule has 1 fully saturated rings. The molecule has 1 aromatic heterocycles. The number of piperidine rings is 1. The van der Waals surface area contributed by atoms with Gasteiger partial charge < -0.3 is 15.3 Å². The number of nitrogens with zero attached hydrogens (tertiary/aromatic N) is 4. The maximum Gasteiger partial charge on any atom is 0.358 e. The van der Waals surface area contributed by atoms with Crippen LogP contribution in [0.15, 0.2) is 6.20 Å². The molecule has 0 atom stereocenters. The van der Waals surface area contributed by atoms with Gasteiger partial charge in [-0.15, -0.1) is 5.10 Å². The SMILES string of the molecule is O=C(Cn1cc(C(=O)O)nn1)NCCN1CCCCC1. The quantitative estimate of drug-likeness (QED) is 0.734. The lowest BCUT2D eigenvalue weighted by molar-refractivity contribution is -0.121. The summed E-state index contributed by atoms with van der Waals surface area (Å²) in [6.45, 7) is 3.63. The van der Waals surface area contributed by atoms with E-state index in [9.17, 15) is 9.59 Å². The largest absolute Gasteiger partial charge is 0.476 e. The molecule has 2 rings (SSSR count). The molecule has 0 saturated carbocycles. The predicted molar refractivity (Wildman–Crippen MR) is 70.3 cm³/mol. The molecule has 0 radical (unpaired) electrons. The minimum Gasteiger partial charge on any atom is -0.476 e. The lowest BCUT2D eigenvalue weighted by Crippen LogP contribution is -2.38. The van der Waals surface area contributed by atoms with Crippen LogP contribution in [0.3, 0.4) is 0 Å². The van der Waals surface area contributed by atoms with Gasteiger partial charge in [-0.1, -0.05) is 11.6 Å². The van der Waals surface area contributed by atoms with Gasteiger partial charge >= 0.3 is 5.97 Å². The van der Waals surface area contributed by atoms with Crippen LogP contribution in [0, 0.1) is 0 Å². The highest BCUT2D eigenvalue weighted by atomic mass is 16.4. The van der Waals surface area contributed by atoms with Crippen LogP contribution in [0.2, 0.25) is 0 Å². The molecule has 0 unspecified atom stereocenters. The van der Waals surface area contributed by atoms with Crippen LogP contribution < -0.4 is 5.32 Å². The van der Waals surface area contributed by atoms with Gasteiger partial charge in [0.15, 0.2) is 5.69 Å². The second-order valence-corrected chi connectivity index (χ2v) is 4.86. The molecule has 0 aromatic carbocycles. The maximum atomic E-state index is 11.7. The lowest BCUT2D eigenvalue weighted by Gasteiger charge is -2.26. The monoisotopic (exact) mass is 281 g/mol. The van der Waals surface area contributed by atoms with E-state index < -0.39 is 5.97 Å². The Bertz CT molecular complexity index is 467. The Hall–Kier alpha value is -1.96. The van der Waals surface area contributed by atoms with E-state index in [1.807, 2.05) is 0 Å². The summed E-state index contributed by atoms with van der Waals surface area (Å²) in [6, 6.07) is 0. The average Bonchev–Trinajstić information content (AvgIpc) is 2.88. The first-order chi connectivity index (χ1) is 9.65. The molecule has 0 aliphatic carbocycles. The fourth-order valence-corrected chi connectivity index (χ4v) is 2.21. The van der Waals surface area contributed by atoms with E-state index in [1.54, 1.807) is 0 Å². The maximum absolute atomic E-state index is 11.7. The summed E-state index contributed by atoms with van der Waals surface area (Å²) < 4.78 is 1.22. The first-order valence-corrected chi connectivity index (χ1v) is 6.77. The molecule has 1 aliphatic heterocycles. The van der Waals surface area contributed by atoms with Gasteiger partial charge in [0.1, 0.15) is 6.54 Å². The molecule has 0 spiro atoms. The fourth-order valence-electron chi connectivity index (χ4n) is 2.21. The van der Waals surface area contributed by atoms with Gasteiger partial charge in [-0.2, -0.15) is 0 Å². The van der Waals surface area contributed by atoms with E-state index in [-0.39, 0.29) is 18.1 Å². The molecule has 8 heteroatoms. The second-order valence-electron chi connectivity index (χ2n) is 4.86. The van der Waals surface area contributed by atoms with Crippen LogP contribution in [0.1, 0.15) is 29.8 Å². The highest BCUT2D eigenvalue weighted by Crippen LogP contribution is 2.07. The standard InChI is InChI=1S/C12H19N5O3/c18-11(9-17-8-10(12(19)20)14-15-17)13-4-7-16-5-2-1-3-6-16/h8H,1-7,9H2,(H,13,18)(H,19,20). The van der Waals surface area contributed by atoms with Gasteiger partial charge in [0.25, 0.3) is 0 Å². The summed E-state index contributed by atoms with van der Waals surface area (Å²) in [5.41, 5.74) is -0.161. The summed E-state index contributed by atoms with van der Waals surface area (Å²) in [7, 11) is 0. The molecule has 1 saturated heterocycles. The lowest BCUT2D eigenvalue weighted by atomic mass is 10.1. The zero-order valence-corrected chi connectivity index (χ0v) is 11.3. The van der Waals surface area contributed by atoms with Crippen LogP contribution in [-0.2, 0) is 11.3 Å². The number of carboxylic acid groups (broad SMARTS) is 1. The Morgan fingerprint density at radius 1 is 1.30 bits per heavy atom. The zero-order chi connectivity index (χ0) is 14.4. The number of hydrogen-bond donors (Lipinski definition) is 2. The number of hydrogen-bond acceptors (Lipinski definition) is 5. The number of carbonyl (C=O) groups excluding carboxylic acids is 1. The van der Waals surface area contributed by atoms with E-state index in [2.05, 4.69) is 20.5 Å². The van der Waals surface area contributed by atoms with Gasteiger partial charge in [-0.05, 0) is 25.9 Å². The summed E-state index contributed by atoms with van der Waals surface area (Å²) in [4.78, 5) is 24.6. The van der Waals surface area contributed by atoms with Crippen LogP contribution >= 0.6 is 0 Å². The molecule has 1 amide bonds. The van der Waals surface area contributed by atoms with E-state index in [4.69, 9.17) is 5.11 Å². The Morgan fingerprint density at radius 3 is 2.70 bits per heavy atom. The predicted octanol–water partition coefficient (Wildman–Crippen LogP) is -0.422. The van der Waals surface area contributed by atoms with E-state index in [1.165, 1.54) is 30.1 Å². The van der Waals surface area contributed by atoms with Gasteiger partial charge in [0.2, 0.25) is 5.91 Å². The minimum atomic E-state index is -1.15. The van der Waals surface area contributed by atoms with Crippen molar-refractivity contribution in [1.29, 1.82) is 0 Å². The first kappa shape index (κ1) is 14.4. The topological polar surface area (TPSA) is 100 Å². The van der Waals surface area contributed by atoms with Crippen molar-refractivity contribution in [3.05, 3.63) is 11.9 Å². The number of rotatable bonds is 6. The summed E-state index contributed by atoms with van der Waals surface area (Å²) >= 11 is 0. The van der Waals surface area contributed by atoms with E-state index in [0.717, 1.165) is 19.6 Å². The number of nitrogens with one attached hydrogen (secondary N) is 1. The molecule has 2 heterocycles. The smallest absolute Gasteiger partial charge is 0.358 e. The molecular formula is C12H19N5O3. The van der Waals surface area contributed by atoms with Crippen LogP contribution in [0.4, 0.5) is 0 Å². The van der Waals surface area contributed by atoms with Gasteiger partial charge in [0.05, 0.1) is 6.20 Å². The zero-order valence-electron chi connectivity index (χ0n) is 11.3. The second kappa shape index (κ2) is 6.99. The van der Waals surface area contributed by atoms with Gasteiger partial charge in [-0.25, -0.2) is 9.48 Å². The fraction of sp³-hybridized carbons (Fsp3) is 0.667. The average molecular weight is 281 g/mol. The number of aromatic nitrogens is 3. The van der Waals surface area contributed by atoms with Crippen LogP contribution in [0.25, 0.3) is 0 Å². The molecule has 8 nitrogen and oxygen atoms in total.